The molecule has 0 spiro atoms. The lowest BCUT2D eigenvalue weighted by atomic mass is 10.1. The maximum Gasteiger partial charge on any atom is 0.248 e. The molecule has 1 rings (SSSR count). The van der Waals surface area contributed by atoms with Crippen molar-refractivity contribution in [3.05, 3.63) is 41.0 Å². The summed E-state index contributed by atoms with van der Waals surface area (Å²) in [6.07, 6.45) is 1.70. The largest absolute Gasteiger partial charge is 0.366 e. The third-order valence-corrected chi connectivity index (χ3v) is 1.73. The van der Waals surface area contributed by atoms with Crippen LogP contribution in [0, 0.1) is 11.3 Å². The van der Waals surface area contributed by atoms with Crippen molar-refractivity contribution in [2.24, 2.45) is 5.73 Å². The fourth-order valence-electron chi connectivity index (χ4n) is 1.06. The van der Waals surface area contributed by atoms with E-state index in [4.69, 9.17) is 11.0 Å². The van der Waals surface area contributed by atoms with Gasteiger partial charge in [0.2, 0.25) is 5.91 Å². The number of hydrogen-bond acceptors (Lipinski definition) is 2. The third-order valence-electron chi connectivity index (χ3n) is 1.73. The monoisotopic (exact) mass is 186 g/mol. The van der Waals surface area contributed by atoms with Crippen molar-refractivity contribution < 1.29 is 4.79 Å². The number of nitrogens with two attached hydrogens (primary N) is 1. The van der Waals surface area contributed by atoms with Gasteiger partial charge in [-0.05, 0) is 30.7 Å². The van der Waals surface area contributed by atoms with E-state index < -0.39 is 5.91 Å². The number of rotatable bonds is 2. The van der Waals surface area contributed by atoms with E-state index in [2.05, 4.69) is 0 Å². The van der Waals surface area contributed by atoms with E-state index in [1.165, 1.54) is 0 Å². The number of benzene rings is 1. The van der Waals surface area contributed by atoms with E-state index in [0.29, 0.717) is 11.1 Å². The number of primary amides is 1. The van der Waals surface area contributed by atoms with Crippen LogP contribution in [0.1, 0.15) is 22.8 Å². The van der Waals surface area contributed by atoms with Crippen molar-refractivity contribution in [3.63, 3.8) is 0 Å². The van der Waals surface area contributed by atoms with Crippen LogP contribution in [0.15, 0.2) is 29.8 Å². The zero-order valence-corrected chi connectivity index (χ0v) is 7.82. The summed E-state index contributed by atoms with van der Waals surface area (Å²) in [6, 6.07) is 8.85. The fraction of sp³-hybridized carbons (Fsp3) is 0.0909. The number of carbonyl (C=O) groups is 1. The lowest BCUT2D eigenvalue weighted by Crippen LogP contribution is -2.10. The zero-order chi connectivity index (χ0) is 10.6. The molecule has 0 saturated heterocycles. The molecule has 1 aromatic rings. The smallest absolute Gasteiger partial charge is 0.248 e. The SMILES string of the molecule is C/C(C#N)=C/c1cccc(C(N)=O)c1. The maximum atomic E-state index is 10.8. The zero-order valence-electron chi connectivity index (χ0n) is 7.82. The van der Waals surface area contributed by atoms with E-state index in [9.17, 15) is 4.79 Å². The maximum absolute atomic E-state index is 10.8. The Kier molecular flexibility index (Phi) is 3.03. The Hall–Kier alpha value is -2.08. The highest BCUT2D eigenvalue weighted by Gasteiger charge is 1.99. The van der Waals surface area contributed by atoms with Crippen LogP contribution in [0.25, 0.3) is 6.08 Å². The molecule has 0 unspecified atom stereocenters. The van der Waals surface area contributed by atoms with Gasteiger partial charge in [-0.3, -0.25) is 4.79 Å². The van der Waals surface area contributed by atoms with Crippen LogP contribution in [0.2, 0.25) is 0 Å². The Morgan fingerprint density at radius 3 is 2.86 bits per heavy atom. The molecule has 0 aliphatic carbocycles. The molecule has 0 fully saturated rings. The molecule has 0 aliphatic rings. The molecule has 0 atom stereocenters. The highest BCUT2D eigenvalue weighted by molar-refractivity contribution is 5.93. The van der Waals surface area contributed by atoms with Crippen LogP contribution in [-0.2, 0) is 0 Å². The molecule has 1 aromatic carbocycles. The number of nitrogens with zero attached hydrogens (tertiary/aromatic N) is 1. The summed E-state index contributed by atoms with van der Waals surface area (Å²) in [5, 5.41) is 8.56. The van der Waals surface area contributed by atoms with Crippen molar-refractivity contribution in [1.29, 1.82) is 5.26 Å². The molecule has 0 heterocycles. The highest BCUT2D eigenvalue weighted by Crippen LogP contribution is 2.08. The first-order chi connectivity index (χ1) is 6.63. The van der Waals surface area contributed by atoms with Gasteiger partial charge in [-0.1, -0.05) is 12.1 Å². The average molecular weight is 186 g/mol. The van der Waals surface area contributed by atoms with Gasteiger partial charge >= 0.3 is 0 Å². The van der Waals surface area contributed by atoms with Crippen LogP contribution in [0.4, 0.5) is 0 Å². The summed E-state index contributed by atoms with van der Waals surface area (Å²) in [7, 11) is 0. The van der Waals surface area contributed by atoms with Gasteiger partial charge in [0.15, 0.2) is 0 Å². The van der Waals surface area contributed by atoms with Gasteiger partial charge in [0.1, 0.15) is 0 Å². The predicted octanol–water partition coefficient (Wildman–Crippen LogP) is 1.71. The van der Waals surface area contributed by atoms with Crippen LogP contribution in [-0.4, -0.2) is 5.91 Å². The Morgan fingerprint density at radius 2 is 2.29 bits per heavy atom. The molecule has 0 radical (unpaired) electrons. The minimum atomic E-state index is -0.463. The molecule has 14 heavy (non-hydrogen) atoms. The number of nitriles is 1. The Bertz CT molecular complexity index is 427. The molecule has 3 nitrogen and oxygen atoms in total. The molecule has 3 heteroatoms. The van der Waals surface area contributed by atoms with E-state index in [0.717, 1.165) is 5.56 Å². The predicted molar refractivity (Wildman–Crippen MR) is 54.2 cm³/mol. The van der Waals surface area contributed by atoms with Gasteiger partial charge in [-0.15, -0.1) is 0 Å². The quantitative estimate of drug-likeness (QED) is 0.714. The van der Waals surface area contributed by atoms with Gasteiger partial charge < -0.3 is 5.73 Å². The molecule has 70 valence electrons. The van der Waals surface area contributed by atoms with Gasteiger partial charge in [-0.2, -0.15) is 5.26 Å². The molecule has 0 bridgehead atoms. The summed E-state index contributed by atoms with van der Waals surface area (Å²) < 4.78 is 0. The standard InChI is InChI=1S/C11H10N2O/c1-8(7-12)5-9-3-2-4-10(6-9)11(13)14/h2-6H,1H3,(H2,13,14)/b8-5-. The molecule has 1 amide bonds. The van der Waals surface area contributed by atoms with Gasteiger partial charge in [-0.25, -0.2) is 0 Å². The highest BCUT2D eigenvalue weighted by atomic mass is 16.1. The molecular formula is C11H10N2O. The fourth-order valence-corrected chi connectivity index (χ4v) is 1.06. The third kappa shape index (κ3) is 2.46. The minimum Gasteiger partial charge on any atom is -0.366 e. The summed E-state index contributed by atoms with van der Waals surface area (Å²) in [4.78, 5) is 10.8. The molecule has 0 aliphatic heterocycles. The second kappa shape index (κ2) is 4.24. The summed E-state index contributed by atoms with van der Waals surface area (Å²) in [5.41, 5.74) is 6.97. The van der Waals surface area contributed by atoms with E-state index in [1.807, 2.05) is 12.1 Å². The van der Waals surface area contributed by atoms with Crippen LogP contribution in [0.3, 0.4) is 0 Å². The summed E-state index contributed by atoms with van der Waals surface area (Å²) in [5.74, 6) is -0.463. The number of allylic oxidation sites excluding steroid dienone is 1. The Morgan fingerprint density at radius 1 is 1.57 bits per heavy atom. The van der Waals surface area contributed by atoms with Crippen LogP contribution in [0.5, 0.6) is 0 Å². The van der Waals surface area contributed by atoms with Gasteiger partial charge in [0, 0.05) is 11.1 Å². The molecular weight excluding hydrogens is 176 g/mol. The van der Waals surface area contributed by atoms with Crippen molar-refractivity contribution >= 4 is 12.0 Å². The topological polar surface area (TPSA) is 66.9 Å². The average Bonchev–Trinajstić information content (AvgIpc) is 2.18. The number of carbonyl (C=O) groups excluding carboxylic acids is 1. The van der Waals surface area contributed by atoms with Crippen molar-refractivity contribution in [2.75, 3.05) is 0 Å². The second-order valence-corrected chi connectivity index (χ2v) is 2.93. The first-order valence-corrected chi connectivity index (χ1v) is 4.12. The number of amides is 1. The Labute approximate surface area is 82.5 Å². The molecule has 0 aromatic heterocycles. The van der Waals surface area contributed by atoms with Gasteiger partial charge in [0.05, 0.1) is 6.07 Å². The summed E-state index contributed by atoms with van der Waals surface area (Å²) >= 11 is 0. The van der Waals surface area contributed by atoms with Gasteiger partial charge in [0.25, 0.3) is 0 Å². The van der Waals surface area contributed by atoms with Crippen molar-refractivity contribution in [3.8, 4) is 6.07 Å². The first kappa shape index (κ1) is 10.0. The first-order valence-electron chi connectivity index (χ1n) is 4.12. The second-order valence-electron chi connectivity index (χ2n) is 2.93. The normalized spacial score (nSPS) is 10.7. The van der Waals surface area contributed by atoms with E-state index >= 15 is 0 Å². The lowest BCUT2D eigenvalue weighted by molar-refractivity contribution is 0.100. The van der Waals surface area contributed by atoms with E-state index in [-0.39, 0.29) is 0 Å². The molecule has 0 saturated carbocycles. The van der Waals surface area contributed by atoms with Crippen LogP contribution >= 0.6 is 0 Å². The minimum absolute atomic E-state index is 0.449. The van der Waals surface area contributed by atoms with Crippen molar-refractivity contribution in [2.45, 2.75) is 6.92 Å². The lowest BCUT2D eigenvalue weighted by Gasteiger charge is -1.97. The molecule has 2 N–H and O–H groups in total. The number of hydrogen-bond donors (Lipinski definition) is 1. The van der Waals surface area contributed by atoms with Crippen molar-refractivity contribution in [1.82, 2.24) is 0 Å². The summed E-state index contributed by atoms with van der Waals surface area (Å²) in [6.45, 7) is 1.71. The Balaban J connectivity index is 3.08. The van der Waals surface area contributed by atoms with Crippen LogP contribution < -0.4 is 5.73 Å². The van der Waals surface area contributed by atoms with E-state index in [1.54, 1.807) is 31.2 Å².